The highest BCUT2D eigenvalue weighted by atomic mass is 16.6. The molecule has 1 rings (SSSR count). The molecule has 1 heterocycles. The van der Waals surface area contributed by atoms with E-state index in [4.69, 9.17) is 9.47 Å². The normalized spacial score (nSPS) is 23.3. The fraction of sp³-hybridized carbons (Fsp3) is 0.917. The van der Waals surface area contributed by atoms with Gasteiger partial charge in [-0.15, -0.1) is 0 Å². The minimum atomic E-state index is -0.301. The minimum Gasteiger partial charge on any atom is -0.462 e. The maximum Gasteiger partial charge on any atom is 0.311 e. The minimum absolute atomic E-state index is 0.0612. The molecular formula is C12H22O3. The highest BCUT2D eigenvalue weighted by Crippen LogP contribution is 2.30. The highest BCUT2D eigenvalue weighted by Gasteiger charge is 2.34. The zero-order valence-electron chi connectivity index (χ0n) is 10.0. The van der Waals surface area contributed by atoms with E-state index < -0.39 is 0 Å². The van der Waals surface area contributed by atoms with Gasteiger partial charge in [-0.25, -0.2) is 0 Å². The number of esters is 1. The van der Waals surface area contributed by atoms with Crippen LogP contribution in [0.5, 0.6) is 0 Å². The van der Waals surface area contributed by atoms with Gasteiger partial charge in [0.25, 0.3) is 0 Å². The van der Waals surface area contributed by atoms with Crippen molar-refractivity contribution in [1.29, 1.82) is 0 Å². The van der Waals surface area contributed by atoms with Crippen LogP contribution >= 0.6 is 0 Å². The summed E-state index contributed by atoms with van der Waals surface area (Å²) in [4.78, 5) is 11.9. The quantitative estimate of drug-likeness (QED) is 0.483. The highest BCUT2D eigenvalue weighted by molar-refractivity contribution is 5.76. The lowest BCUT2D eigenvalue weighted by Gasteiger charge is -2.25. The first-order chi connectivity index (χ1) is 7.12. The second kappa shape index (κ2) is 5.50. The molecule has 88 valence electrons. The third-order valence-corrected chi connectivity index (χ3v) is 3.16. The summed E-state index contributed by atoms with van der Waals surface area (Å²) in [7, 11) is 0. The van der Waals surface area contributed by atoms with Crippen LogP contribution in [0.2, 0.25) is 0 Å². The number of ether oxygens (including phenoxy) is 2. The van der Waals surface area contributed by atoms with E-state index in [1.807, 2.05) is 13.8 Å². The summed E-state index contributed by atoms with van der Waals surface area (Å²) in [6, 6.07) is 0. The molecule has 1 aliphatic heterocycles. The first-order valence-corrected chi connectivity index (χ1v) is 5.91. The molecule has 0 aromatic heterocycles. The van der Waals surface area contributed by atoms with Crippen LogP contribution in [0.3, 0.4) is 0 Å². The van der Waals surface area contributed by atoms with Crippen molar-refractivity contribution in [2.75, 3.05) is 13.2 Å². The molecule has 2 unspecified atom stereocenters. The summed E-state index contributed by atoms with van der Waals surface area (Å²) in [5.41, 5.74) is -0.301. The second-order valence-electron chi connectivity index (χ2n) is 4.57. The van der Waals surface area contributed by atoms with Gasteiger partial charge in [0.1, 0.15) is 12.7 Å². The van der Waals surface area contributed by atoms with Gasteiger partial charge in [-0.05, 0) is 19.8 Å². The molecule has 0 spiro atoms. The fourth-order valence-electron chi connectivity index (χ4n) is 1.50. The summed E-state index contributed by atoms with van der Waals surface area (Å²) in [6.07, 6.45) is 4.14. The van der Waals surface area contributed by atoms with E-state index >= 15 is 0 Å². The number of epoxide rings is 1. The molecule has 0 amide bonds. The lowest BCUT2D eigenvalue weighted by Crippen LogP contribution is -2.30. The van der Waals surface area contributed by atoms with Crippen molar-refractivity contribution in [3.8, 4) is 0 Å². The van der Waals surface area contributed by atoms with Crippen molar-refractivity contribution in [3.63, 3.8) is 0 Å². The predicted molar refractivity (Wildman–Crippen MR) is 58.6 cm³/mol. The Bertz CT molecular complexity index is 211. The van der Waals surface area contributed by atoms with Crippen molar-refractivity contribution in [1.82, 2.24) is 0 Å². The van der Waals surface area contributed by atoms with E-state index in [2.05, 4.69) is 6.92 Å². The van der Waals surface area contributed by atoms with E-state index in [1.165, 1.54) is 0 Å². The molecule has 3 heteroatoms. The Morgan fingerprint density at radius 2 is 2.20 bits per heavy atom. The van der Waals surface area contributed by atoms with Gasteiger partial charge < -0.3 is 9.47 Å². The average molecular weight is 214 g/mol. The zero-order chi connectivity index (χ0) is 11.3. The molecule has 0 radical (unpaired) electrons. The van der Waals surface area contributed by atoms with Gasteiger partial charge in [0.15, 0.2) is 0 Å². The maximum atomic E-state index is 11.9. The first-order valence-electron chi connectivity index (χ1n) is 5.91. The molecule has 3 nitrogen and oxygen atoms in total. The van der Waals surface area contributed by atoms with Gasteiger partial charge in [0.05, 0.1) is 12.0 Å². The average Bonchev–Trinajstić information content (AvgIpc) is 3.06. The van der Waals surface area contributed by atoms with Crippen LogP contribution in [0.15, 0.2) is 0 Å². The molecule has 0 aromatic carbocycles. The van der Waals surface area contributed by atoms with Crippen LogP contribution in [0.1, 0.15) is 46.5 Å². The van der Waals surface area contributed by atoms with Crippen molar-refractivity contribution >= 4 is 5.97 Å². The molecule has 15 heavy (non-hydrogen) atoms. The molecule has 0 saturated carbocycles. The molecule has 1 saturated heterocycles. The summed E-state index contributed by atoms with van der Waals surface area (Å²) < 4.78 is 10.3. The van der Waals surface area contributed by atoms with Gasteiger partial charge in [-0.3, -0.25) is 4.79 Å². The summed E-state index contributed by atoms with van der Waals surface area (Å²) >= 11 is 0. The molecular weight excluding hydrogens is 192 g/mol. The Morgan fingerprint density at radius 1 is 1.53 bits per heavy atom. The SMILES string of the molecule is CCCCC(C)(CC)C(=O)OCC1CO1. The molecule has 1 aliphatic rings. The van der Waals surface area contributed by atoms with Gasteiger partial charge in [-0.1, -0.05) is 26.7 Å². The molecule has 0 bridgehead atoms. The lowest BCUT2D eigenvalue weighted by molar-refractivity contribution is -0.156. The standard InChI is InChI=1S/C12H22O3/c1-4-6-7-12(3,5-2)11(13)15-9-10-8-14-10/h10H,4-9H2,1-3H3. The van der Waals surface area contributed by atoms with Crippen molar-refractivity contribution in [2.24, 2.45) is 5.41 Å². The van der Waals surface area contributed by atoms with E-state index in [0.29, 0.717) is 6.61 Å². The Kier molecular flexibility index (Phi) is 4.58. The number of hydrogen-bond acceptors (Lipinski definition) is 3. The van der Waals surface area contributed by atoms with Crippen LogP contribution in [-0.4, -0.2) is 25.3 Å². The zero-order valence-corrected chi connectivity index (χ0v) is 10.0. The Morgan fingerprint density at radius 3 is 2.67 bits per heavy atom. The number of carbonyl (C=O) groups excluding carboxylic acids is 1. The van der Waals surface area contributed by atoms with Gasteiger partial charge in [0.2, 0.25) is 0 Å². The Balaban J connectivity index is 2.35. The summed E-state index contributed by atoms with van der Waals surface area (Å²) in [6.45, 7) is 7.36. The van der Waals surface area contributed by atoms with Crippen molar-refractivity contribution < 1.29 is 14.3 Å². The van der Waals surface area contributed by atoms with Gasteiger partial charge >= 0.3 is 5.97 Å². The lowest BCUT2D eigenvalue weighted by atomic mass is 9.82. The first kappa shape index (κ1) is 12.5. The number of rotatable bonds is 7. The maximum absolute atomic E-state index is 11.9. The third-order valence-electron chi connectivity index (χ3n) is 3.16. The third kappa shape index (κ3) is 3.82. The van der Waals surface area contributed by atoms with Gasteiger partial charge in [0, 0.05) is 0 Å². The molecule has 2 atom stereocenters. The monoisotopic (exact) mass is 214 g/mol. The van der Waals surface area contributed by atoms with Crippen molar-refractivity contribution in [2.45, 2.75) is 52.6 Å². The number of hydrogen-bond donors (Lipinski definition) is 0. The molecule has 0 N–H and O–H groups in total. The van der Waals surface area contributed by atoms with Gasteiger partial charge in [-0.2, -0.15) is 0 Å². The van der Waals surface area contributed by atoms with E-state index in [-0.39, 0.29) is 17.5 Å². The van der Waals surface area contributed by atoms with Crippen LogP contribution < -0.4 is 0 Å². The topological polar surface area (TPSA) is 38.8 Å². The second-order valence-corrected chi connectivity index (χ2v) is 4.57. The molecule has 0 aliphatic carbocycles. The van der Waals surface area contributed by atoms with E-state index in [1.54, 1.807) is 0 Å². The largest absolute Gasteiger partial charge is 0.462 e. The molecule has 1 fully saturated rings. The van der Waals surface area contributed by atoms with Crippen LogP contribution in [-0.2, 0) is 14.3 Å². The van der Waals surface area contributed by atoms with E-state index in [0.717, 1.165) is 32.3 Å². The van der Waals surface area contributed by atoms with Crippen LogP contribution in [0.25, 0.3) is 0 Å². The van der Waals surface area contributed by atoms with Crippen molar-refractivity contribution in [3.05, 3.63) is 0 Å². The summed E-state index contributed by atoms with van der Waals surface area (Å²) in [5, 5.41) is 0. The smallest absolute Gasteiger partial charge is 0.311 e. The summed E-state index contributed by atoms with van der Waals surface area (Å²) in [5.74, 6) is -0.0612. The van der Waals surface area contributed by atoms with E-state index in [9.17, 15) is 4.79 Å². The predicted octanol–water partition coefficient (Wildman–Crippen LogP) is 2.53. The fourth-order valence-corrected chi connectivity index (χ4v) is 1.50. The van der Waals surface area contributed by atoms with Crippen LogP contribution in [0, 0.1) is 5.41 Å². The number of unbranched alkanes of at least 4 members (excludes halogenated alkanes) is 1. The van der Waals surface area contributed by atoms with Crippen LogP contribution in [0.4, 0.5) is 0 Å². The number of carbonyl (C=O) groups is 1. The molecule has 0 aromatic rings. The Labute approximate surface area is 92.1 Å². The Hall–Kier alpha value is -0.570.